The Balaban J connectivity index is 1.75. The first-order valence-corrected chi connectivity index (χ1v) is 13.5. The molecule has 3 saturated heterocycles. The number of esters is 1. The molecule has 9 heteroatoms. The highest BCUT2D eigenvalue weighted by atomic mass is 79.9. The van der Waals surface area contributed by atoms with Gasteiger partial charge in [0.05, 0.1) is 37.2 Å². The molecule has 35 heavy (non-hydrogen) atoms. The van der Waals surface area contributed by atoms with Crippen molar-refractivity contribution in [1.82, 2.24) is 10.2 Å². The zero-order valence-electron chi connectivity index (χ0n) is 20.5. The van der Waals surface area contributed by atoms with Crippen LogP contribution in [-0.4, -0.2) is 75.7 Å². The molecule has 0 aliphatic carbocycles. The third-order valence-electron chi connectivity index (χ3n) is 7.56. The Bertz CT molecular complexity index is 945. The second-order valence-corrected chi connectivity index (χ2v) is 11.1. The molecular weight excluding hydrogens is 516 g/mol. The van der Waals surface area contributed by atoms with Crippen molar-refractivity contribution in [3.8, 4) is 0 Å². The van der Waals surface area contributed by atoms with Gasteiger partial charge in [-0.15, -0.1) is 0 Å². The molecule has 2 amide bonds. The van der Waals surface area contributed by atoms with Crippen LogP contribution in [0.25, 0.3) is 0 Å². The summed E-state index contributed by atoms with van der Waals surface area (Å²) < 4.78 is 11.8. The number of aliphatic hydroxyl groups excluding tert-OH is 1. The number of nitrogens with one attached hydrogen (secondary N) is 1. The number of benzene rings is 1. The first-order chi connectivity index (χ1) is 16.8. The average Bonchev–Trinajstić information content (AvgIpc) is 3.42. The molecule has 1 spiro atoms. The van der Waals surface area contributed by atoms with E-state index in [1.807, 2.05) is 44.2 Å². The number of hydrogen-bond acceptors (Lipinski definition) is 6. The Hall–Kier alpha value is -1.97. The predicted molar refractivity (Wildman–Crippen MR) is 133 cm³/mol. The van der Waals surface area contributed by atoms with Crippen molar-refractivity contribution in [3.05, 3.63) is 35.9 Å². The smallest absolute Gasteiger partial charge is 0.312 e. The topological polar surface area (TPSA) is 105 Å². The van der Waals surface area contributed by atoms with Gasteiger partial charge in [0.2, 0.25) is 11.8 Å². The van der Waals surface area contributed by atoms with Gasteiger partial charge < -0.3 is 24.8 Å². The summed E-state index contributed by atoms with van der Waals surface area (Å²) in [5.74, 6) is -2.75. The van der Waals surface area contributed by atoms with Gasteiger partial charge in [-0.1, -0.05) is 59.6 Å². The molecule has 3 aliphatic heterocycles. The number of halogens is 1. The lowest BCUT2D eigenvalue weighted by molar-refractivity contribution is -0.155. The van der Waals surface area contributed by atoms with E-state index in [1.54, 1.807) is 6.92 Å². The summed E-state index contributed by atoms with van der Waals surface area (Å²) in [6.45, 7) is 5.59. The third kappa shape index (κ3) is 4.51. The van der Waals surface area contributed by atoms with Gasteiger partial charge in [-0.2, -0.15) is 0 Å². The summed E-state index contributed by atoms with van der Waals surface area (Å²) in [7, 11) is 0. The Kier molecular flexibility index (Phi) is 7.88. The Labute approximate surface area is 214 Å². The molecule has 0 aromatic heterocycles. The highest BCUT2D eigenvalue weighted by molar-refractivity contribution is 9.09. The maximum atomic E-state index is 14.0. The van der Waals surface area contributed by atoms with Gasteiger partial charge in [-0.05, 0) is 38.7 Å². The summed E-state index contributed by atoms with van der Waals surface area (Å²) in [5.41, 5.74) is -0.217. The van der Waals surface area contributed by atoms with E-state index < -0.39 is 41.6 Å². The van der Waals surface area contributed by atoms with E-state index in [2.05, 4.69) is 21.2 Å². The van der Waals surface area contributed by atoms with Gasteiger partial charge in [-0.25, -0.2) is 0 Å². The largest absolute Gasteiger partial charge is 0.466 e. The van der Waals surface area contributed by atoms with Crippen molar-refractivity contribution in [2.24, 2.45) is 11.8 Å². The zero-order valence-corrected chi connectivity index (χ0v) is 22.1. The van der Waals surface area contributed by atoms with Crippen LogP contribution in [-0.2, 0) is 30.3 Å². The van der Waals surface area contributed by atoms with Crippen LogP contribution in [0.4, 0.5) is 0 Å². The van der Waals surface area contributed by atoms with Crippen LogP contribution in [0.15, 0.2) is 30.3 Å². The number of nitrogens with zero attached hydrogens (tertiary/aromatic N) is 1. The van der Waals surface area contributed by atoms with Crippen LogP contribution in [0.1, 0.15) is 45.6 Å². The minimum absolute atomic E-state index is 0.0826. The minimum atomic E-state index is -1.16. The number of amides is 2. The lowest BCUT2D eigenvalue weighted by Crippen LogP contribution is -2.59. The van der Waals surface area contributed by atoms with Gasteiger partial charge in [0.1, 0.15) is 11.6 Å². The SMILES string of the molecule is CCCC(C)NC(=O)C1N([C@@H](CO)Cc2ccccc2)C(=O)[C@@H]2[C@H](C(=O)OCC)[C@H]3OC12CC3Br. The van der Waals surface area contributed by atoms with Crippen LogP contribution in [0.3, 0.4) is 0 Å². The highest BCUT2D eigenvalue weighted by Crippen LogP contribution is 2.60. The van der Waals surface area contributed by atoms with Gasteiger partial charge in [0.25, 0.3) is 0 Å². The normalized spacial score (nSPS) is 32.9. The maximum absolute atomic E-state index is 14.0. The molecule has 3 aliphatic rings. The third-order valence-corrected chi connectivity index (χ3v) is 8.41. The molecule has 192 valence electrons. The standard InChI is InChI=1S/C26H35BrN2O6/c1-4-9-15(3)28-23(31)22-26-13-18(27)21(35-26)19(25(33)34-5-2)20(26)24(32)29(22)17(14-30)12-16-10-7-6-8-11-16/h6-8,10-11,15,17-22,30H,4-5,9,12-14H2,1-3H3,(H,28,31)/t15?,17-,18?,19+,20+,21+,22?,26?/m1/s1. The molecule has 1 aromatic rings. The van der Waals surface area contributed by atoms with Crippen LogP contribution in [0.2, 0.25) is 0 Å². The fourth-order valence-electron chi connectivity index (χ4n) is 6.23. The molecule has 8 atom stereocenters. The molecule has 0 saturated carbocycles. The second kappa shape index (κ2) is 10.6. The Morgan fingerprint density at radius 1 is 1.31 bits per heavy atom. The van der Waals surface area contributed by atoms with E-state index in [-0.39, 0.29) is 35.9 Å². The summed E-state index contributed by atoms with van der Waals surface area (Å²) in [5, 5.41) is 13.5. The number of hydrogen-bond donors (Lipinski definition) is 2. The van der Waals surface area contributed by atoms with E-state index >= 15 is 0 Å². The number of ether oxygens (including phenoxy) is 2. The van der Waals surface area contributed by atoms with Gasteiger partial charge in [0, 0.05) is 10.9 Å². The lowest BCUT2D eigenvalue weighted by Gasteiger charge is -2.37. The van der Waals surface area contributed by atoms with E-state index in [4.69, 9.17) is 9.47 Å². The second-order valence-electron chi connectivity index (χ2n) is 9.89. The summed E-state index contributed by atoms with van der Waals surface area (Å²) in [6, 6.07) is 7.89. The molecule has 4 rings (SSSR count). The monoisotopic (exact) mass is 550 g/mol. The number of alkyl halides is 1. The number of fused-ring (bicyclic) bond motifs is 1. The fourth-order valence-corrected chi connectivity index (χ4v) is 7.17. The average molecular weight is 551 g/mol. The van der Waals surface area contributed by atoms with Crippen molar-refractivity contribution in [3.63, 3.8) is 0 Å². The Morgan fingerprint density at radius 2 is 2.03 bits per heavy atom. The first-order valence-electron chi connectivity index (χ1n) is 12.5. The number of carbonyl (C=O) groups is 3. The maximum Gasteiger partial charge on any atom is 0.312 e. The van der Waals surface area contributed by atoms with Crippen molar-refractivity contribution in [2.75, 3.05) is 13.2 Å². The molecule has 2 N–H and O–H groups in total. The fraction of sp³-hybridized carbons (Fsp3) is 0.654. The molecule has 3 fully saturated rings. The van der Waals surface area contributed by atoms with E-state index in [0.717, 1.165) is 18.4 Å². The van der Waals surface area contributed by atoms with Gasteiger partial charge in [0.15, 0.2) is 0 Å². The van der Waals surface area contributed by atoms with Crippen molar-refractivity contribution in [2.45, 2.75) is 81.1 Å². The predicted octanol–water partition coefficient (Wildman–Crippen LogP) is 2.21. The number of rotatable bonds is 10. The van der Waals surface area contributed by atoms with E-state index in [0.29, 0.717) is 12.8 Å². The van der Waals surface area contributed by atoms with Crippen molar-refractivity contribution >= 4 is 33.7 Å². The van der Waals surface area contributed by atoms with Crippen LogP contribution in [0.5, 0.6) is 0 Å². The summed E-state index contributed by atoms with van der Waals surface area (Å²) in [6.07, 6.45) is 1.96. The van der Waals surface area contributed by atoms with Crippen LogP contribution < -0.4 is 5.32 Å². The number of carbonyl (C=O) groups excluding carboxylic acids is 3. The summed E-state index contributed by atoms with van der Waals surface area (Å²) >= 11 is 3.64. The zero-order chi connectivity index (χ0) is 25.3. The molecule has 0 radical (unpaired) electrons. The number of likely N-dealkylation sites (tertiary alicyclic amines) is 1. The molecule has 3 heterocycles. The molecule has 2 bridgehead atoms. The van der Waals surface area contributed by atoms with Crippen LogP contribution in [0, 0.1) is 11.8 Å². The quantitative estimate of drug-likeness (QED) is 0.342. The van der Waals surface area contributed by atoms with E-state index in [1.165, 1.54) is 4.90 Å². The molecule has 4 unspecified atom stereocenters. The van der Waals surface area contributed by atoms with Gasteiger partial charge >= 0.3 is 5.97 Å². The van der Waals surface area contributed by atoms with E-state index in [9.17, 15) is 19.5 Å². The number of aliphatic hydroxyl groups is 1. The van der Waals surface area contributed by atoms with Crippen LogP contribution >= 0.6 is 15.9 Å². The first kappa shape index (κ1) is 26.1. The van der Waals surface area contributed by atoms with Crippen molar-refractivity contribution in [1.29, 1.82) is 0 Å². The summed E-state index contributed by atoms with van der Waals surface area (Å²) in [4.78, 5) is 42.2. The van der Waals surface area contributed by atoms with Crippen molar-refractivity contribution < 1.29 is 29.0 Å². The van der Waals surface area contributed by atoms with Gasteiger partial charge in [-0.3, -0.25) is 14.4 Å². The molecular formula is C26H35BrN2O6. The Morgan fingerprint density at radius 3 is 2.66 bits per heavy atom. The molecule has 1 aromatic carbocycles. The highest BCUT2D eigenvalue weighted by Gasteiger charge is 2.77. The molecule has 8 nitrogen and oxygen atoms in total. The lowest BCUT2D eigenvalue weighted by atomic mass is 9.70. The minimum Gasteiger partial charge on any atom is -0.466 e.